The molecule has 23 heavy (non-hydrogen) atoms. The summed E-state index contributed by atoms with van der Waals surface area (Å²) in [7, 11) is 0. The maximum Gasteiger partial charge on any atom is 0.277 e. The van der Waals surface area contributed by atoms with Gasteiger partial charge in [-0.2, -0.15) is 0 Å². The third-order valence-corrected chi connectivity index (χ3v) is 3.29. The number of anilines is 2. The van der Waals surface area contributed by atoms with Crippen molar-refractivity contribution in [1.29, 1.82) is 0 Å². The van der Waals surface area contributed by atoms with E-state index in [2.05, 4.69) is 30.5 Å². The van der Waals surface area contributed by atoms with Gasteiger partial charge < -0.3 is 20.7 Å². The Morgan fingerprint density at radius 3 is 2.87 bits per heavy atom. The van der Waals surface area contributed by atoms with Gasteiger partial charge in [0.25, 0.3) is 5.91 Å². The van der Waals surface area contributed by atoms with Crippen LogP contribution in [-0.4, -0.2) is 57.2 Å². The van der Waals surface area contributed by atoms with Gasteiger partial charge in [-0.1, -0.05) is 5.21 Å². The Labute approximate surface area is 132 Å². The first-order valence-corrected chi connectivity index (χ1v) is 7.02. The van der Waals surface area contributed by atoms with Gasteiger partial charge in [0.05, 0.1) is 25.6 Å². The van der Waals surface area contributed by atoms with Crippen molar-refractivity contribution in [2.75, 3.05) is 36.5 Å². The van der Waals surface area contributed by atoms with E-state index in [0.29, 0.717) is 19.0 Å². The van der Waals surface area contributed by atoms with E-state index in [1.807, 2.05) is 0 Å². The smallest absolute Gasteiger partial charge is 0.277 e. The number of carbonyl (C=O) groups excluding carboxylic acids is 1. The molecule has 0 aromatic carbocycles. The fourth-order valence-corrected chi connectivity index (χ4v) is 2.15. The second kappa shape index (κ2) is 6.83. The van der Waals surface area contributed by atoms with Gasteiger partial charge in [-0.25, -0.2) is 14.6 Å². The number of nitrogens with zero attached hydrogens (tertiary/aromatic N) is 6. The number of carbonyl (C=O) groups is 1. The first-order valence-electron chi connectivity index (χ1n) is 7.02. The van der Waals surface area contributed by atoms with Gasteiger partial charge in [-0.3, -0.25) is 4.79 Å². The van der Waals surface area contributed by atoms with Crippen LogP contribution in [0, 0.1) is 0 Å². The van der Waals surface area contributed by atoms with E-state index in [-0.39, 0.29) is 5.70 Å². The summed E-state index contributed by atoms with van der Waals surface area (Å²) in [5.41, 5.74) is 5.65. The monoisotopic (exact) mass is 316 g/mol. The zero-order valence-corrected chi connectivity index (χ0v) is 12.3. The molecule has 1 fully saturated rings. The molecule has 2 aromatic heterocycles. The summed E-state index contributed by atoms with van der Waals surface area (Å²) in [6, 6.07) is 1.71. The molecule has 0 atom stereocenters. The van der Waals surface area contributed by atoms with Crippen molar-refractivity contribution in [3.05, 3.63) is 31.0 Å². The summed E-state index contributed by atoms with van der Waals surface area (Å²) in [4.78, 5) is 22.6. The highest BCUT2D eigenvalue weighted by atomic mass is 16.5. The summed E-state index contributed by atoms with van der Waals surface area (Å²) in [5, 5.41) is 10.1. The number of rotatable bonds is 4. The molecule has 10 heteroatoms. The van der Waals surface area contributed by atoms with E-state index in [1.165, 1.54) is 23.4 Å². The second-order valence-corrected chi connectivity index (χ2v) is 4.71. The molecule has 0 spiro atoms. The first-order chi connectivity index (χ1) is 11.3. The molecular weight excluding hydrogens is 300 g/mol. The van der Waals surface area contributed by atoms with Crippen molar-refractivity contribution in [3.8, 4) is 0 Å². The van der Waals surface area contributed by atoms with Crippen LogP contribution in [0.25, 0.3) is 5.70 Å². The van der Waals surface area contributed by atoms with Gasteiger partial charge in [0.15, 0.2) is 0 Å². The molecule has 0 radical (unpaired) electrons. The summed E-state index contributed by atoms with van der Waals surface area (Å²) in [6.07, 6.45) is 5.55. The predicted octanol–water partition coefficient (Wildman–Crippen LogP) is -0.699. The normalized spacial score (nSPS) is 15.5. The highest BCUT2D eigenvalue weighted by Crippen LogP contribution is 2.16. The van der Waals surface area contributed by atoms with Crippen molar-refractivity contribution in [3.63, 3.8) is 0 Å². The lowest BCUT2D eigenvalue weighted by molar-refractivity contribution is -0.111. The fourth-order valence-electron chi connectivity index (χ4n) is 2.15. The second-order valence-electron chi connectivity index (χ2n) is 4.71. The number of nitrogens with two attached hydrogens (primary N) is 1. The molecule has 120 valence electrons. The van der Waals surface area contributed by atoms with E-state index in [0.717, 1.165) is 25.1 Å². The molecule has 0 saturated carbocycles. The van der Waals surface area contributed by atoms with Crippen molar-refractivity contribution in [2.24, 2.45) is 5.73 Å². The average Bonchev–Trinajstić information content (AvgIpc) is 3.11. The Morgan fingerprint density at radius 1 is 1.35 bits per heavy atom. The molecule has 1 amide bonds. The van der Waals surface area contributed by atoms with Crippen LogP contribution in [0.4, 0.5) is 11.6 Å². The summed E-state index contributed by atoms with van der Waals surface area (Å²) >= 11 is 0. The van der Waals surface area contributed by atoms with Gasteiger partial charge in [-0.05, 0) is 0 Å². The van der Waals surface area contributed by atoms with Crippen LogP contribution >= 0.6 is 0 Å². The molecule has 0 aliphatic carbocycles. The number of ether oxygens (including phenoxy) is 1. The Balaban J connectivity index is 1.73. The van der Waals surface area contributed by atoms with E-state index in [4.69, 9.17) is 10.5 Å². The summed E-state index contributed by atoms with van der Waals surface area (Å²) in [6.45, 7) is 2.80. The Morgan fingerprint density at radius 2 is 2.17 bits per heavy atom. The van der Waals surface area contributed by atoms with E-state index < -0.39 is 5.91 Å². The van der Waals surface area contributed by atoms with Crippen molar-refractivity contribution in [1.82, 2.24) is 25.0 Å². The van der Waals surface area contributed by atoms with E-state index in [1.54, 1.807) is 6.07 Å². The predicted molar refractivity (Wildman–Crippen MR) is 82.2 cm³/mol. The molecule has 0 unspecified atom stereocenters. The maximum atomic E-state index is 12.3. The molecule has 1 aliphatic rings. The van der Waals surface area contributed by atoms with Crippen LogP contribution in [0.2, 0.25) is 0 Å². The lowest BCUT2D eigenvalue weighted by Gasteiger charge is -2.27. The summed E-state index contributed by atoms with van der Waals surface area (Å²) < 4.78 is 6.59. The van der Waals surface area contributed by atoms with Crippen LogP contribution in [0.15, 0.2) is 31.0 Å². The minimum Gasteiger partial charge on any atom is -0.403 e. The van der Waals surface area contributed by atoms with Crippen LogP contribution in [0.3, 0.4) is 0 Å². The number of morpholine rings is 1. The quantitative estimate of drug-likeness (QED) is 0.710. The summed E-state index contributed by atoms with van der Waals surface area (Å²) in [5.74, 6) is 0.674. The molecule has 2 aromatic rings. The maximum absolute atomic E-state index is 12.3. The van der Waals surface area contributed by atoms with Gasteiger partial charge in [0.1, 0.15) is 23.7 Å². The lowest BCUT2D eigenvalue weighted by atomic mass is 10.3. The van der Waals surface area contributed by atoms with Crippen LogP contribution in [0.5, 0.6) is 0 Å². The van der Waals surface area contributed by atoms with Gasteiger partial charge in [0, 0.05) is 25.4 Å². The molecule has 3 rings (SSSR count). The zero-order chi connectivity index (χ0) is 16.1. The molecule has 3 N–H and O–H groups in total. The molecule has 0 bridgehead atoms. The molecule has 1 saturated heterocycles. The highest BCUT2D eigenvalue weighted by Gasteiger charge is 2.16. The molecule has 1 aliphatic heterocycles. The van der Waals surface area contributed by atoms with Crippen LogP contribution in [-0.2, 0) is 9.53 Å². The standard InChI is InChI=1S/C13H16N8O2/c14-8-10(21-2-1-17-19-21)13(22)18-11-7-12(16-9-15-11)20-3-5-23-6-4-20/h1-2,7-9H,3-6,14H2,(H,15,16,18,22)/b10-8+. The largest absolute Gasteiger partial charge is 0.403 e. The Hall–Kier alpha value is -3.01. The van der Waals surface area contributed by atoms with Crippen molar-refractivity contribution in [2.45, 2.75) is 0 Å². The number of hydrogen-bond donors (Lipinski definition) is 2. The number of amides is 1. The number of aromatic nitrogens is 5. The zero-order valence-electron chi connectivity index (χ0n) is 12.3. The third kappa shape index (κ3) is 3.43. The van der Waals surface area contributed by atoms with E-state index >= 15 is 0 Å². The average molecular weight is 316 g/mol. The highest BCUT2D eigenvalue weighted by molar-refractivity contribution is 6.19. The minimum absolute atomic E-state index is 0.147. The number of hydrogen-bond acceptors (Lipinski definition) is 8. The fraction of sp³-hybridized carbons (Fsp3) is 0.308. The van der Waals surface area contributed by atoms with Gasteiger partial charge in [-0.15, -0.1) is 5.10 Å². The molecule has 10 nitrogen and oxygen atoms in total. The minimum atomic E-state index is -0.440. The lowest BCUT2D eigenvalue weighted by Crippen LogP contribution is -2.36. The van der Waals surface area contributed by atoms with Gasteiger partial charge >= 0.3 is 0 Å². The van der Waals surface area contributed by atoms with Crippen LogP contribution in [0.1, 0.15) is 0 Å². The first kappa shape index (κ1) is 14.9. The topological polar surface area (TPSA) is 124 Å². The third-order valence-electron chi connectivity index (χ3n) is 3.29. The SMILES string of the molecule is N/C=C(\C(=O)Nc1cc(N2CCOCC2)ncn1)n1ccnn1. The van der Waals surface area contributed by atoms with E-state index in [9.17, 15) is 4.79 Å². The van der Waals surface area contributed by atoms with Crippen LogP contribution < -0.4 is 16.0 Å². The van der Waals surface area contributed by atoms with Crippen molar-refractivity contribution < 1.29 is 9.53 Å². The number of nitrogens with one attached hydrogen (secondary N) is 1. The molecular formula is C13H16N8O2. The Kier molecular flexibility index (Phi) is 4.43. The molecule has 3 heterocycles. The van der Waals surface area contributed by atoms with Gasteiger partial charge in [0.2, 0.25) is 0 Å². The van der Waals surface area contributed by atoms with Crippen molar-refractivity contribution >= 4 is 23.2 Å². The Bertz CT molecular complexity index is 694.